The zero-order chi connectivity index (χ0) is 38.1. The van der Waals surface area contributed by atoms with Gasteiger partial charge >= 0.3 is 5.97 Å². The second-order valence-electron chi connectivity index (χ2n) is 15.3. The Labute approximate surface area is 325 Å². The fraction of sp³-hybridized carbons (Fsp3) is 0.812. The summed E-state index contributed by atoms with van der Waals surface area (Å²) in [7, 11) is 0. The zero-order valence-electron chi connectivity index (χ0n) is 35.4. The summed E-state index contributed by atoms with van der Waals surface area (Å²) in [5, 5.41) is 11.7. The van der Waals surface area contributed by atoms with Crippen LogP contribution in [0.3, 0.4) is 0 Å². The SMILES string of the molecule is CCCCCC=CCC=CCCCCCCCCC(O)(CCCCCCCC/C=C\C/C=C\CCCCC)CCCCOC(=O)CCN(CC)CC. The van der Waals surface area contributed by atoms with E-state index in [0.717, 1.165) is 77.4 Å². The zero-order valence-corrected chi connectivity index (χ0v) is 35.4. The molecule has 0 bridgehead atoms. The highest BCUT2D eigenvalue weighted by molar-refractivity contribution is 5.69. The van der Waals surface area contributed by atoms with Gasteiger partial charge in [0.15, 0.2) is 0 Å². The number of ether oxygens (including phenoxy) is 1. The molecule has 52 heavy (non-hydrogen) atoms. The Balaban J connectivity index is 4.31. The minimum atomic E-state index is -0.572. The van der Waals surface area contributed by atoms with E-state index in [9.17, 15) is 9.90 Å². The second-order valence-corrected chi connectivity index (χ2v) is 15.3. The molecule has 1 atom stereocenters. The number of nitrogens with zero attached hydrogens (tertiary/aromatic N) is 1. The number of hydrogen-bond acceptors (Lipinski definition) is 4. The molecule has 1 N–H and O–H groups in total. The Morgan fingerprint density at radius 1 is 0.500 bits per heavy atom. The Kier molecular flexibility index (Phi) is 39.2. The van der Waals surface area contributed by atoms with E-state index >= 15 is 0 Å². The summed E-state index contributed by atoms with van der Waals surface area (Å²) in [5.74, 6) is -0.0927. The molecule has 0 saturated heterocycles. The average Bonchev–Trinajstić information content (AvgIpc) is 3.14. The van der Waals surface area contributed by atoms with Crippen LogP contribution in [0.1, 0.15) is 220 Å². The van der Waals surface area contributed by atoms with Crippen LogP contribution in [-0.2, 0) is 9.53 Å². The minimum Gasteiger partial charge on any atom is -0.466 e. The van der Waals surface area contributed by atoms with Crippen LogP contribution in [-0.4, -0.2) is 47.8 Å². The van der Waals surface area contributed by atoms with Gasteiger partial charge in [0.2, 0.25) is 0 Å². The standard InChI is InChI=1S/C48H89NO3/c1-5-9-11-13-15-17-19-21-23-25-27-29-31-33-35-37-42-48(51,44-39-40-46-52-47(50)41-45-49(7-3)8-4)43-38-36-34-32-30-28-26-24-22-20-18-16-14-12-10-6-2/h15-18,21-24,51H,5-14,19-20,25-46H2,1-4H3/b17-15-,18-16?,23-21-,24-22?. The Morgan fingerprint density at radius 2 is 0.865 bits per heavy atom. The third-order valence-electron chi connectivity index (χ3n) is 10.5. The van der Waals surface area contributed by atoms with Crippen LogP contribution in [0.2, 0.25) is 0 Å². The molecule has 0 aromatic rings. The number of aliphatic hydroxyl groups is 1. The molecule has 0 heterocycles. The van der Waals surface area contributed by atoms with E-state index in [-0.39, 0.29) is 5.97 Å². The van der Waals surface area contributed by atoms with Crippen LogP contribution in [0, 0.1) is 0 Å². The highest BCUT2D eigenvalue weighted by atomic mass is 16.5. The quantitative estimate of drug-likeness (QED) is 0.0388. The molecular formula is C48H89NO3. The Hall–Kier alpha value is -1.65. The predicted molar refractivity (Wildman–Crippen MR) is 230 cm³/mol. The maximum absolute atomic E-state index is 12.2. The Bertz CT molecular complexity index is 808. The van der Waals surface area contributed by atoms with E-state index in [0.29, 0.717) is 13.0 Å². The molecular weight excluding hydrogens is 639 g/mol. The Morgan fingerprint density at radius 3 is 1.27 bits per heavy atom. The van der Waals surface area contributed by atoms with Crippen LogP contribution in [0.25, 0.3) is 0 Å². The van der Waals surface area contributed by atoms with Gasteiger partial charge in [-0.05, 0) is 109 Å². The number of rotatable bonds is 40. The molecule has 0 aliphatic rings. The molecule has 1 unspecified atom stereocenters. The molecule has 4 heteroatoms. The molecule has 0 radical (unpaired) electrons. The summed E-state index contributed by atoms with van der Waals surface area (Å²) in [5.41, 5.74) is -0.572. The molecule has 4 nitrogen and oxygen atoms in total. The lowest BCUT2D eigenvalue weighted by atomic mass is 9.85. The highest BCUT2D eigenvalue weighted by Gasteiger charge is 2.25. The fourth-order valence-corrected chi connectivity index (χ4v) is 6.86. The number of unbranched alkanes of at least 4 members (excludes halogenated alkanes) is 19. The third kappa shape index (κ3) is 36.7. The summed E-state index contributed by atoms with van der Waals surface area (Å²) in [6.07, 6.45) is 53.5. The monoisotopic (exact) mass is 728 g/mol. The summed E-state index contributed by atoms with van der Waals surface area (Å²) < 4.78 is 5.52. The highest BCUT2D eigenvalue weighted by Crippen LogP contribution is 2.29. The fourth-order valence-electron chi connectivity index (χ4n) is 6.86. The molecule has 0 fully saturated rings. The van der Waals surface area contributed by atoms with Crippen molar-refractivity contribution in [3.8, 4) is 0 Å². The normalized spacial score (nSPS) is 13.5. The lowest BCUT2D eigenvalue weighted by molar-refractivity contribution is -0.144. The summed E-state index contributed by atoms with van der Waals surface area (Å²) in [6.45, 7) is 12.0. The van der Waals surface area contributed by atoms with Gasteiger partial charge in [0.25, 0.3) is 0 Å². The molecule has 0 spiro atoms. The molecule has 0 aliphatic heterocycles. The van der Waals surface area contributed by atoms with E-state index < -0.39 is 5.60 Å². The van der Waals surface area contributed by atoms with Crippen LogP contribution in [0.15, 0.2) is 48.6 Å². The maximum Gasteiger partial charge on any atom is 0.307 e. The van der Waals surface area contributed by atoms with Crippen molar-refractivity contribution in [2.24, 2.45) is 0 Å². The van der Waals surface area contributed by atoms with Crippen molar-refractivity contribution in [2.45, 2.75) is 226 Å². The number of esters is 1. The number of carbonyl (C=O) groups excluding carboxylic acids is 1. The molecule has 0 aliphatic carbocycles. The lowest BCUT2D eigenvalue weighted by Crippen LogP contribution is -2.29. The van der Waals surface area contributed by atoms with Crippen molar-refractivity contribution in [3.05, 3.63) is 48.6 Å². The van der Waals surface area contributed by atoms with Crippen LogP contribution in [0.5, 0.6) is 0 Å². The van der Waals surface area contributed by atoms with Crippen molar-refractivity contribution in [1.29, 1.82) is 0 Å². The van der Waals surface area contributed by atoms with Gasteiger partial charge in [0, 0.05) is 6.54 Å². The van der Waals surface area contributed by atoms with Gasteiger partial charge in [-0.15, -0.1) is 0 Å². The maximum atomic E-state index is 12.2. The summed E-state index contributed by atoms with van der Waals surface area (Å²) >= 11 is 0. The lowest BCUT2D eigenvalue weighted by Gasteiger charge is -2.29. The van der Waals surface area contributed by atoms with Crippen LogP contribution < -0.4 is 0 Å². The second kappa shape index (κ2) is 40.5. The minimum absolute atomic E-state index is 0.0927. The van der Waals surface area contributed by atoms with E-state index in [1.807, 2.05) is 0 Å². The van der Waals surface area contributed by atoms with Crippen LogP contribution in [0.4, 0.5) is 0 Å². The van der Waals surface area contributed by atoms with Gasteiger partial charge in [-0.1, -0.05) is 166 Å². The van der Waals surface area contributed by atoms with Gasteiger partial charge in [-0.2, -0.15) is 0 Å². The van der Waals surface area contributed by atoms with E-state index in [4.69, 9.17) is 4.74 Å². The van der Waals surface area contributed by atoms with Gasteiger partial charge in [-0.3, -0.25) is 4.79 Å². The first-order chi connectivity index (χ1) is 25.5. The molecule has 304 valence electrons. The third-order valence-corrected chi connectivity index (χ3v) is 10.5. The molecule has 0 aromatic heterocycles. The number of hydrogen-bond donors (Lipinski definition) is 1. The van der Waals surface area contributed by atoms with Gasteiger partial charge in [-0.25, -0.2) is 0 Å². The number of carbonyl (C=O) groups is 1. The average molecular weight is 728 g/mol. The first-order valence-corrected chi connectivity index (χ1v) is 22.7. The first-order valence-electron chi connectivity index (χ1n) is 22.7. The topological polar surface area (TPSA) is 49.8 Å². The molecule has 0 saturated carbocycles. The van der Waals surface area contributed by atoms with Gasteiger partial charge in [0.05, 0.1) is 18.6 Å². The van der Waals surface area contributed by atoms with E-state index in [1.54, 1.807) is 0 Å². The number of allylic oxidation sites excluding steroid dienone is 8. The molecule has 0 aromatic carbocycles. The van der Waals surface area contributed by atoms with Gasteiger partial charge < -0.3 is 14.7 Å². The van der Waals surface area contributed by atoms with Crippen molar-refractivity contribution in [2.75, 3.05) is 26.2 Å². The van der Waals surface area contributed by atoms with Crippen molar-refractivity contribution in [1.82, 2.24) is 4.90 Å². The van der Waals surface area contributed by atoms with Gasteiger partial charge in [0.1, 0.15) is 0 Å². The molecule has 0 rings (SSSR count). The first kappa shape index (κ1) is 50.4. The largest absolute Gasteiger partial charge is 0.466 e. The van der Waals surface area contributed by atoms with Crippen LogP contribution >= 0.6 is 0 Å². The molecule has 0 amide bonds. The van der Waals surface area contributed by atoms with E-state index in [1.165, 1.54) is 128 Å². The summed E-state index contributed by atoms with van der Waals surface area (Å²) in [6, 6.07) is 0. The summed E-state index contributed by atoms with van der Waals surface area (Å²) in [4.78, 5) is 14.4. The predicted octanol–water partition coefficient (Wildman–Crippen LogP) is 14.6. The van der Waals surface area contributed by atoms with Crippen molar-refractivity contribution >= 4 is 5.97 Å². The van der Waals surface area contributed by atoms with Crippen molar-refractivity contribution < 1.29 is 14.6 Å². The van der Waals surface area contributed by atoms with Crippen molar-refractivity contribution in [3.63, 3.8) is 0 Å². The smallest absolute Gasteiger partial charge is 0.307 e. The van der Waals surface area contributed by atoms with E-state index in [2.05, 4.69) is 81.2 Å².